The van der Waals surface area contributed by atoms with Gasteiger partial charge in [-0.25, -0.2) is 0 Å². The number of aliphatic hydroxyl groups excluding tert-OH is 1. The molecule has 0 spiro atoms. The molecule has 2 N–H and O–H groups in total. The largest absolute Gasteiger partial charge is 0.389 e. The van der Waals surface area contributed by atoms with Gasteiger partial charge in [-0.2, -0.15) is 5.10 Å². The number of aromatic nitrogens is 2. The van der Waals surface area contributed by atoms with Crippen molar-refractivity contribution >= 4 is 0 Å². The number of aliphatic hydroxyl groups is 1. The SMILES string of the molecule is CC(C)COCC(O)CNCCCn1cccn1. The van der Waals surface area contributed by atoms with Crippen LogP contribution >= 0.6 is 0 Å². The summed E-state index contributed by atoms with van der Waals surface area (Å²) in [5, 5.41) is 17.0. The minimum atomic E-state index is -0.423. The van der Waals surface area contributed by atoms with E-state index in [1.54, 1.807) is 6.20 Å². The Morgan fingerprint density at radius 3 is 2.89 bits per heavy atom. The highest BCUT2D eigenvalue weighted by Gasteiger charge is 2.04. The molecule has 104 valence electrons. The number of ether oxygens (including phenoxy) is 1. The van der Waals surface area contributed by atoms with Crippen molar-refractivity contribution in [3.05, 3.63) is 18.5 Å². The van der Waals surface area contributed by atoms with E-state index in [-0.39, 0.29) is 0 Å². The number of nitrogens with one attached hydrogen (secondary N) is 1. The van der Waals surface area contributed by atoms with Crippen LogP contribution in [0.2, 0.25) is 0 Å². The molecule has 1 heterocycles. The minimum absolute atomic E-state index is 0.407. The summed E-state index contributed by atoms with van der Waals surface area (Å²) in [6, 6.07) is 1.92. The minimum Gasteiger partial charge on any atom is -0.389 e. The van der Waals surface area contributed by atoms with Crippen LogP contribution in [0.15, 0.2) is 18.5 Å². The Kier molecular flexibility index (Phi) is 7.64. The van der Waals surface area contributed by atoms with Gasteiger partial charge in [0.25, 0.3) is 0 Å². The summed E-state index contributed by atoms with van der Waals surface area (Å²) >= 11 is 0. The predicted molar refractivity (Wildman–Crippen MR) is 71.4 cm³/mol. The molecule has 0 aromatic carbocycles. The Balaban J connectivity index is 1.90. The molecule has 0 aliphatic rings. The monoisotopic (exact) mass is 255 g/mol. The fraction of sp³-hybridized carbons (Fsp3) is 0.769. The Morgan fingerprint density at radius 2 is 2.22 bits per heavy atom. The summed E-state index contributed by atoms with van der Waals surface area (Å²) in [7, 11) is 0. The standard InChI is InChI=1S/C13H25N3O2/c1-12(2)10-18-11-13(17)9-14-5-3-7-16-8-4-6-15-16/h4,6,8,12-14,17H,3,5,7,9-11H2,1-2H3. The smallest absolute Gasteiger partial charge is 0.0897 e. The lowest BCUT2D eigenvalue weighted by molar-refractivity contribution is 0.0262. The van der Waals surface area contributed by atoms with Gasteiger partial charge >= 0.3 is 0 Å². The molecule has 0 saturated carbocycles. The maximum atomic E-state index is 9.64. The van der Waals surface area contributed by atoms with Crippen LogP contribution in [0.5, 0.6) is 0 Å². The van der Waals surface area contributed by atoms with Gasteiger partial charge < -0.3 is 15.2 Å². The molecule has 0 fully saturated rings. The average Bonchev–Trinajstić information content (AvgIpc) is 2.81. The molecule has 18 heavy (non-hydrogen) atoms. The zero-order valence-corrected chi connectivity index (χ0v) is 11.4. The van der Waals surface area contributed by atoms with Crippen LogP contribution in [0, 0.1) is 5.92 Å². The molecule has 0 amide bonds. The first-order chi connectivity index (χ1) is 8.68. The molecule has 1 aromatic heterocycles. The summed E-state index contributed by atoms with van der Waals surface area (Å²) in [5.41, 5.74) is 0. The first kappa shape index (κ1) is 15.1. The lowest BCUT2D eigenvalue weighted by atomic mass is 10.2. The molecule has 0 aliphatic carbocycles. The molecule has 5 nitrogen and oxygen atoms in total. The first-order valence-electron chi connectivity index (χ1n) is 6.62. The van der Waals surface area contributed by atoms with Crippen molar-refractivity contribution in [1.29, 1.82) is 0 Å². The Hall–Kier alpha value is -0.910. The average molecular weight is 255 g/mol. The van der Waals surface area contributed by atoms with E-state index < -0.39 is 6.10 Å². The van der Waals surface area contributed by atoms with E-state index in [9.17, 15) is 5.11 Å². The molecule has 0 saturated heterocycles. The van der Waals surface area contributed by atoms with Gasteiger partial charge in [0.15, 0.2) is 0 Å². The second-order valence-electron chi connectivity index (χ2n) is 4.91. The summed E-state index contributed by atoms with van der Waals surface area (Å²) in [4.78, 5) is 0. The number of hydrogen-bond acceptors (Lipinski definition) is 4. The van der Waals surface area contributed by atoms with E-state index in [4.69, 9.17) is 4.74 Å². The van der Waals surface area contributed by atoms with Crippen LogP contribution in [0.3, 0.4) is 0 Å². The van der Waals surface area contributed by atoms with Crippen LogP contribution in [-0.4, -0.2) is 47.3 Å². The van der Waals surface area contributed by atoms with Gasteiger partial charge in [-0.05, 0) is 24.9 Å². The van der Waals surface area contributed by atoms with Gasteiger partial charge in [0.1, 0.15) is 0 Å². The number of hydrogen-bond donors (Lipinski definition) is 2. The molecular weight excluding hydrogens is 230 g/mol. The third kappa shape index (κ3) is 7.42. The van der Waals surface area contributed by atoms with Crippen molar-refractivity contribution in [3.8, 4) is 0 Å². The highest BCUT2D eigenvalue weighted by Crippen LogP contribution is 1.94. The lowest BCUT2D eigenvalue weighted by Crippen LogP contribution is -2.31. The molecule has 0 aliphatic heterocycles. The van der Waals surface area contributed by atoms with Gasteiger partial charge in [-0.15, -0.1) is 0 Å². The summed E-state index contributed by atoms with van der Waals surface area (Å²) < 4.78 is 7.28. The Morgan fingerprint density at radius 1 is 1.39 bits per heavy atom. The second kappa shape index (κ2) is 9.08. The third-order valence-electron chi connectivity index (χ3n) is 2.44. The van der Waals surface area contributed by atoms with Crippen molar-refractivity contribution in [2.45, 2.75) is 32.9 Å². The Bertz CT molecular complexity index is 288. The van der Waals surface area contributed by atoms with Crippen molar-refractivity contribution in [2.75, 3.05) is 26.3 Å². The second-order valence-corrected chi connectivity index (χ2v) is 4.91. The Labute approximate surface area is 109 Å². The van der Waals surface area contributed by atoms with E-state index >= 15 is 0 Å². The molecule has 0 radical (unpaired) electrons. The molecule has 1 rings (SSSR count). The van der Waals surface area contributed by atoms with Crippen molar-refractivity contribution in [3.63, 3.8) is 0 Å². The van der Waals surface area contributed by atoms with Crippen LogP contribution in [0.25, 0.3) is 0 Å². The zero-order valence-electron chi connectivity index (χ0n) is 11.4. The maximum absolute atomic E-state index is 9.64. The third-order valence-corrected chi connectivity index (χ3v) is 2.44. The quantitative estimate of drug-likeness (QED) is 0.610. The summed E-state index contributed by atoms with van der Waals surface area (Å²) in [6.45, 7) is 7.67. The molecule has 1 atom stereocenters. The number of nitrogens with zero attached hydrogens (tertiary/aromatic N) is 2. The van der Waals surface area contributed by atoms with Gasteiger partial charge in [-0.3, -0.25) is 4.68 Å². The molecule has 5 heteroatoms. The van der Waals surface area contributed by atoms with E-state index in [1.807, 2.05) is 16.9 Å². The molecule has 1 aromatic rings. The molecule has 1 unspecified atom stereocenters. The van der Waals surface area contributed by atoms with Crippen LogP contribution < -0.4 is 5.32 Å². The van der Waals surface area contributed by atoms with Gasteiger partial charge in [0.05, 0.1) is 12.7 Å². The van der Waals surface area contributed by atoms with Crippen LogP contribution in [0.1, 0.15) is 20.3 Å². The van der Waals surface area contributed by atoms with E-state index in [1.165, 1.54) is 0 Å². The van der Waals surface area contributed by atoms with Crippen molar-refractivity contribution in [2.24, 2.45) is 5.92 Å². The highest BCUT2D eigenvalue weighted by atomic mass is 16.5. The van der Waals surface area contributed by atoms with E-state index in [2.05, 4.69) is 24.3 Å². The van der Waals surface area contributed by atoms with Crippen LogP contribution in [0.4, 0.5) is 0 Å². The van der Waals surface area contributed by atoms with Gasteiger partial charge in [-0.1, -0.05) is 13.8 Å². The topological polar surface area (TPSA) is 59.3 Å². The predicted octanol–water partition coefficient (Wildman–Crippen LogP) is 0.896. The highest BCUT2D eigenvalue weighted by molar-refractivity contribution is 4.77. The molecule has 0 bridgehead atoms. The zero-order chi connectivity index (χ0) is 13.2. The number of aryl methyl sites for hydroxylation is 1. The van der Waals surface area contributed by atoms with Gasteiger partial charge in [0, 0.05) is 32.1 Å². The van der Waals surface area contributed by atoms with Crippen LogP contribution in [-0.2, 0) is 11.3 Å². The maximum Gasteiger partial charge on any atom is 0.0897 e. The summed E-state index contributed by atoms with van der Waals surface area (Å²) in [6.07, 6.45) is 4.31. The fourth-order valence-corrected chi connectivity index (χ4v) is 1.57. The first-order valence-corrected chi connectivity index (χ1v) is 6.62. The normalized spacial score (nSPS) is 13.1. The van der Waals surface area contributed by atoms with Crippen molar-refractivity contribution < 1.29 is 9.84 Å². The lowest BCUT2D eigenvalue weighted by Gasteiger charge is -2.13. The van der Waals surface area contributed by atoms with Crippen molar-refractivity contribution in [1.82, 2.24) is 15.1 Å². The van der Waals surface area contributed by atoms with E-state index in [0.29, 0.717) is 25.7 Å². The summed E-state index contributed by atoms with van der Waals surface area (Å²) in [5.74, 6) is 0.513. The van der Waals surface area contributed by atoms with E-state index in [0.717, 1.165) is 19.5 Å². The molecular formula is C13H25N3O2. The fourth-order valence-electron chi connectivity index (χ4n) is 1.57. The number of rotatable bonds is 10. The van der Waals surface area contributed by atoms with Gasteiger partial charge in [0.2, 0.25) is 0 Å².